The molecule has 0 aliphatic carbocycles. The third-order valence-electron chi connectivity index (χ3n) is 2.61. The second-order valence-electron chi connectivity index (χ2n) is 5.92. The van der Waals surface area contributed by atoms with Gasteiger partial charge in [-0.3, -0.25) is 4.90 Å². The summed E-state index contributed by atoms with van der Waals surface area (Å²) in [4.78, 5) is 22.3. The number of aromatic nitrogens is 1. The molecule has 8 heteroatoms. The lowest BCUT2D eigenvalue weighted by Crippen LogP contribution is -2.34. The lowest BCUT2D eigenvalue weighted by Gasteiger charge is -2.23. The maximum Gasteiger partial charge on any atom is 0.415 e. The molecule has 0 N–H and O–H groups in total. The Labute approximate surface area is 145 Å². The van der Waals surface area contributed by atoms with Gasteiger partial charge < -0.3 is 9.57 Å². The minimum Gasteiger partial charge on any atom is -0.443 e. The van der Waals surface area contributed by atoms with E-state index < -0.39 is 17.5 Å². The highest BCUT2D eigenvalue weighted by molar-refractivity contribution is 7.17. The summed E-state index contributed by atoms with van der Waals surface area (Å²) in [5.74, 6) is -0.614. The lowest BCUT2D eigenvalue weighted by atomic mass is 10.2. The van der Waals surface area contributed by atoms with E-state index >= 15 is 0 Å². The molecule has 0 aliphatic rings. The number of amides is 1. The van der Waals surface area contributed by atoms with Gasteiger partial charge in [0, 0.05) is 12.6 Å². The maximum atomic E-state index is 13.6. The Morgan fingerprint density at radius 3 is 2.62 bits per heavy atom. The topological polar surface area (TPSA) is 64.0 Å². The molecule has 0 saturated heterocycles. The van der Waals surface area contributed by atoms with Crippen LogP contribution in [0.15, 0.2) is 23.6 Å². The van der Waals surface area contributed by atoms with Crippen molar-refractivity contribution in [3.8, 4) is 0 Å². The van der Waals surface area contributed by atoms with E-state index in [9.17, 15) is 9.18 Å². The number of carbonyl (C=O) groups excluding carboxylic acids is 1. The SMILES string of the molecule is C=C(/C=C(F)\C=N\OC)c1nc(C)c(N(C)C(=O)OC(C)(C)C)s1. The maximum absolute atomic E-state index is 13.6. The molecule has 1 amide bonds. The molecule has 0 fully saturated rings. The molecule has 0 aliphatic heterocycles. The summed E-state index contributed by atoms with van der Waals surface area (Å²) in [6.07, 6.45) is 1.64. The molecule has 0 aromatic carbocycles. The predicted molar refractivity (Wildman–Crippen MR) is 95.2 cm³/mol. The largest absolute Gasteiger partial charge is 0.443 e. The van der Waals surface area contributed by atoms with Crippen LogP contribution < -0.4 is 4.90 Å². The fraction of sp³-hybridized carbons (Fsp3) is 0.438. The minimum absolute atomic E-state index is 0.368. The van der Waals surface area contributed by atoms with Crippen LogP contribution >= 0.6 is 11.3 Å². The van der Waals surface area contributed by atoms with Crippen molar-refractivity contribution in [1.82, 2.24) is 4.98 Å². The van der Waals surface area contributed by atoms with Crippen LogP contribution in [0.4, 0.5) is 14.2 Å². The minimum atomic E-state index is -0.614. The number of ether oxygens (including phenoxy) is 1. The van der Waals surface area contributed by atoms with Crippen molar-refractivity contribution in [3.05, 3.63) is 29.2 Å². The van der Waals surface area contributed by atoms with Crippen LogP contribution in [0, 0.1) is 6.92 Å². The molecular weight excluding hydrogens is 333 g/mol. The number of thiazole rings is 1. The van der Waals surface area contributed by atoms with E-state index in [1.807, 2.05) is 0 Å². The summed E-state index contributed by atoms with van der Waals surface area (Å²) in [7, 11) is 2.92. The number of nitrogens with zero attached hydrogens (tertiary/aromatic N) is 3. The molecule has 6 nitrogen and oxygen atoms in total. The van der Waals surface area contributed by atoms with Crippen molar-refractivity contribution in [2.75, 3.05) is 19.1 Å². The van der Waals surface area contributed by atoms with E-state index in [2.05, 4.69) is 21.6 Å². The van der Waals surface area contributed by atoms with Crippen molar-refractivity contribution in [2.45, 2.75) is 33.3 Å². The number of allylic oxidation sites excluding steroid dienone is 3. The number of carbonyl (C=O) groups is 1. The van der Waals surface area contributed by atoms with Crippen molar-refractivity contribution in [3.63, 3.8) is 0 Å². The molecule has 0 saturated carbocycles. The van der Waals surface area contributed by atoms with E-state index in [1.165, 1.54) is 29.4 Å². The summed E-state index contributed by atoms with van der Waals surface area (Å²) in [6.45, 7) is 10.9. The predicted octanol–water partition coefficient (Wildman–Crippen LogP) is 4.32. The van der Waals surface area contributed by atoms with Gasteiger partial charge in [-0.25, -0.2) is 14.2 Å². The molecule has 1 rings (SSSR count). The molecule has 0 bridgehead atoms. The van der Waals surface area contributed by atoms with Gasteiger partial charge >= 0.3 is 6.09 Å². The van der Waals surface area contributed by atoms with E-state index in [0.29, 0.717) is 21.3 Å². The summed E-state index contributed by atoms with van der Waals surface area (Å²) < 4.78 is 18.9. The van der Waals surface area contributed by atoms with Gasteiger partial charge in [-0.1, -0.05) is 23.1 Å². The van der Waals surface area contributed by atoms with E-state index in [1.54, 1.807) is 34.7 Å². The van der Waals surface area contributed by atoms with Gasteiger partial charge in [0.1, 0.15) is 34.8 Å². The van der Waals surface area contributed by atoms with Crippen LogP contribution in [0.1, 0.15) is 31.5 Å². The van der Waals surface area contributed by atoms with Gasteiger partial charge in [0.05, 0.1) is 5.69 Å². The number of halogens is 1. The Morgan fingerprint density at radius 1 is 1.46 bits per heavy atom. The van der Waals surface area contributed by atoms with Gasteiger partial charge in [0.15, 0.2) is 0 Å². The second kappa shape index (κ2) is 8.05. The van der Waals surface area contributed by atoms with Gasteiger partial charge in [0.2, 0.25) is 0 Å². The normalized spacial score (nSPS) is 12.4. The Balaban J connectivity index is 2.97. The first kappa shape index (κ1) is 19.8. The van der Waals surface area contributed by atoms with Crippen molar-refractivity contribution < 1.29 is 18.8 Å². The third-order valence-corrected chi connectivity index (χ3v) is 3.92. The Kier molecular flexibility index (Phi) is 6.65. The van der Waals surface area contributed by atoms with Gasteiger partial charge in [0.25, 0.3) is 0 Å². The zero-order valence-electron chi connectivity index (χ0n) is 14.7. The monoisotopic (exact) mass is 355 g/mol. The molecule has 0 radical (unpaired) electrons. The third kappa shape index (κ3) is 5.77. The lowest BCUT2D eigenvalue weighted by molar-refractivity contribution is 0.0590. The standard InChI is InChI=1S/C16H22FN3O3S/c1-10(8-12(17)9-18-22-7)13-19-11(2)14(24-13)20(6)15(21)23-16(3,4)5/h8-9H,1H2,2-7H3/b12-8+,18-9+. The van der Waals surface area contributed by atoms with Crippen molar-refractivity contribution >= 4 is 34.2 Å². The summed E-state index contributed by atoms with van der Waals surface area (Å²) in [5.41, 5.74) is 0.402. The van der Waals surface area contributed by atoms with Crippen LogP contribution in [-0.4, -0.2) is 37.1 Å². The molecule has 1 aromatic rings. The van der Waals surface area contributed by atoms with E-state index in [4.69, 9.17) is 4.74 Å². The average Bonchev–Trinajstić information content (AvgIpc) is 2.84. The zero-order valence-corrected chi connectivity index (χ0v) is 15.5. The molecular formula is C16H22FN3O3S. The Bertz CT molecular complexity index is 675. The summed E-state index contributed by atoms with van der Waals surface area (Å²) >= 11 is 1.22. The molecule has 0 spiro atoms. The molecule has 1 heterocycles. The van der Waals surface area contributed by atoms with Crippen LogP contribution in [-0.2, 0) is 9.57 Å². The molecule has 24 heavy (non-hydrogen) atoms. The number of hydrogen-bond donors (Lipinski definition) is 0. The smallest absolute Gasteiger partial charge is 0.415 e. The summed E-state index contributed by atoms with van der Waals surface area (Å²) in [6, 6.07) is 0. The van der Waals surface area contributed by atoms with Crippen LogP contribution in [0.5, 0.6) is 0 Å². The molecule has 0 unspecified atom stereocenters. The first-order valence-electron chi connectivity index (χ1n) is 7.12. The van der Waals surface area contributed by atoms with Gasteiger partial charge in [-0.2, -0.15) is 0 Å². The fourth-order valence-electron chi connectivity index (χ4n) is 1.62. The van der Waals surface area contributed by atoms with Crippen molar-refractivity contribution in [2.24, 2.45) is 5.16 Å². The molecule has 1 aromatic heterocycles. The average molecular weight is 355 g/mol. The highest BCUT2D eigenvalue weighted by Crippen LogP contribution is 2.32. The van der Waals surface area contributed by atoms with Gasteiger partial charge in [-0.05, 0) is 33.8 Å². The first-order chi connectivity index (χ1) is 11.0. The second-order valence-corrected chi connectivity index (χ2v) is 6.90. The van der Waals surface area contributed by atoms with E-state index in [0.717, 1.165) is 6.21 Å². The van der Waals surface area contributed by atoms with E-state index in [-0.39, 0.29) is 0 Å². The molecule has 132 valence electrons. The van der Waals surface area contributed by atoms with Crippen LogP contribution in [0.25, 0.3) is 5.57 Å². The summed E-state index contributed by atoms with van der Waals surface area (Å²) in [5, 5.41) is 4.44. The number of aryl methyl sites for hydroxylation is 1. The fourth-order valence-corrected chi connectivity index (χ4v) is 2.58. The van der Waals surface area contributed by atoms with Gasteiger partial charge in [-0.15, -0.1) is 0 Å². The van der Waals surface area contributed by atoms with Crippen molar-refractivity contribution in [1.29, 1.82) is 0 Å². The van der Waals surface area contributed by atoms with Crippen LogP contribution in [0.3, 0.4) is 0 Å². The zero-order chi connectivity index (χ0) is 18.5. The highest BCUT2D eigenvalue weighted by atomic mass is 32.1. The quantitative estimate of drug-likeness (QED) is 0.448. The number of rotatable bonds is 5. The number of hydrogen-bond acceptors (Lipinski definition) is 6. The molecule has 0 atom stereocenters. The number of anilines is 1. The Morgan fingerprint density at radius 2 is 2.08 bits per heavy atom. The highest BCUT2D eigenvalue weighted by Gasteiger charge is 2.23. The van der Waals surface area contributed by atoms with Crippen LogP contribution in [0.2, 0.25) is 0 Å². The number of oxime groups is 1. The Hall–Kier alpha value is -2.22. The first-order valence-corrected chi connectivity index (χ1v) is 7.94.